The second-order valence-electron chi connectivity index (χ2n) is 4.74. The summed E-state index contributed by atoms with van der Waals surface area (Å²) in [6.45, 7) is 7.27. The van der Waals surface area contributed by atoms with Gasteiger partial charge < -0.3 is 14.8 Å². The predicted molar refractivity (Wildman–Crippen MR) is 58.5 cm³/mol. The Hall–Kier alpha value is -0.870. The topological polar surface area (TPSA) is 33.1 Å². The molecule has 2 fully saturated rings. The Morgan fingerprint density at radius 1 is 1.20 bits per heavy atom. The summed E-state index contributed by atoms with van der Waals surface area (Å²) in [5, 5.41) is 3.47. The molecule has 3 heterocycles. The lowest BCUT2D eigenvalue weighted by Crippen LogP contribution is -2.28. The number of hydrogen-bond acceptors (Lipinski definition) is 3. The van der Waals surface area contributed by atoms with Crippen LogP contribution in [0.4, 0.5) is 0 Å². The number of hydrogen-bond donors (Lipinski definition) is 1. The molecule has 2 atom stereocenters. The molecule has 2 aliphatic heterocycles. The van der Waals surface area contributed by atoms with E-state index in [1.807, 2.05) is 18.7 Å². The van der Waals surface area contributed by atoms with Crippen LogP contribution in [0.15, 0.2) is 18.7 Å². The van der Waals surface area contributed by atoms with Crippen LogP contribution in [0.25, 0.3) is 0 Å². The molecule has 4 heteroatoms. The molecule has 0 aromatic carbocycles. The minimum absolute atomic E-state index is 0.910. The molecule has 82 valence electrons. The Kier molecular flexibility index (Phi) is 2.46. The Labute approximate surface area is 90.3 Å². The minimum atomic E-state index is 0.910. The van der Waals surface area contributed by atoms with Gasteiger partial charge in [-0.3, -0.25) is 0 Å². The van der Waals surface area contributed by atoms with E-state index in [-0.39, 0.29) is 0 Å². The van der Waals surface area contributed by atoms with Gasteiger partial charge in [-0.15, -0.1) is 0 Å². The molecule has 15 heavy (non-hydrogen) atoms. The van der Waals surface area contributed by atoms with E-state index in [2.05, 4.69) is 19.8 Å². The maximum atomic E-state index is 4.06. The summed E-state index contributed by atoms with van der Waals surface area (Å²) in [5.41, 5.74) is 0. The van der Waals surface area contributed by atoms with Crippen molar-refractivity contribution in [3.05, 3.63) is 18.7 Å². The van der Waals surface area contributed by atoms with E-state index < -0.39 is 0 Å². The first-order valence-electron chi connectivity index (χ1n) is 5.80. The maximum Gasteiger partial charge on any atom is 0.0946 e. The van der Waals surface area contributed by atoms with Crippen molar-refractivity contribution < 1.29 is 0 Å². The summed E-state index contributed by atoms with van der Waals surface area (Å²) in [5.74, 6) is 1.82. The lowest BCUT2D eigenvalue weighted by molar-refractivity contribution is 0.299. The van der Waals surface area contributed by atoms with E-state index in [1.54, 1.807) is 0 Å². The molecule has 0 amide bonds. The fraction of sp³-hybridized carbons (Fsp3) is 0.727. The van der Waals surface area contributed by atoms with Gasteiger partial charge in [0.15, 0.2) is 0 Å². The van der Waals surface area contributed by atoms with Crippen molar-refractivity contribution in [3.8, 4) is 0 Å². The molecule has 0 radical (unpaired) electrons. The lowest BCUT2D eigenvalue weighted by atomic mass is 10.0. The van der Waals surface area contributed by atoms with Crippen LogP contribution in [0.1, 0.15) is 0 Å². The Morgan fingerprint density at radius 2 is 2.00 bits per heavy atom. The highest BCUT2D eigenvalue weighted by molar-refractivity contribution is 4.91. The number of imidazole rings is 1. The highest BCUT2D eigenvalue weighted by Gasteiger charge is 2.35. The second kappa shape index (κ2) is 3.94. The van der Waals surface area contributed by atoms with Crippen molar-refractivity contribution in [1.29, 1.82) is 0 Å². The highest BCUT2D eigenvalue weighted by atomic mass is 15.2. The average Bonchev–Trinajstić information content (AvgIpc) is 2.91. The summed E-state index contributed by atoms with van der Waals surface area (Å²) < 4.78 is 2.16. The lowest BCUT2D eigenvalue weighted by Gasteiger charge is -2.16. The molecule has 0 aliphatic carbocycles. The highest BCUT2D eigenvalue weighted by Crippen LogP contribution is 2.25. The summed E-state index contributed by atoms with van der Waals surface area (Å²) in [7, 11) is 0. The van der Waals surface area contributed by atoms with Gasteiger partial charge in [-0.2, -0.15) is 0 Å². The van der Waals surface area contributed by atoms with Gasteiger partial charge in [-0.05, 0) is 24.9 Å². The molecular formula is C11H18N4. The standard InChI is InChI=1S/C11H18N4/c1-2-14(9-12-1)3-4-15-7-10-5-13-6-11(10)8-15/h1-2,9-11,13H,3-8H2/t10-,11+. The van der Waals surface area contributed by atoms with E-state index in [0.29, 0.717) is 0 Å². The van der Waals surface area contributed by atoms with Crippen LogP contribution >= 0.6 is 0 Å². The fourth-order valence-electron chi connectivity index (χ4n) is 2.81. The third kappa shape index (κ3) is 1.92. The zero-order valence-corrected chi connectivity index (χ0v) is 8.97. The third-order valence-corrected chi connectivity index (χ3v) is 3.70. The molecule has 1 aromatic rings. The van der Waals surface area contributed by atoms with Crippen molar-refractivity contribution in [2.24, 2.45) is 11.8 Å². The predicted octanol–water partition coefficient (Wildman–Crippen LogP) is 0.0343. The first-order valence-corrected chi connectivity index (χ1v) is 5.80. The molecule has 0 saturated carbocycles. The first kappa shape index (κ1) is 9.36. The third-order valence-electron chi connectivity index (χ3n) is 3.70. The van der Waals surface area contributed by atoms with Crippen LogP contribution in [-0.4, -0.2) is 47.2 Å². The molecule has 2 saturated heterocycles. The molecule has 1 N–H and O–H groups in total. The van der Waals surface area contributed by atoms with Crippen molar-refractivity contribution in [2.45, 2.75) is 6.54 Å². The number of nitrogens with zero attached hydrogens (tertiary/aromatic N) is 3. The van der Waals surface area contributed by atoms with E-state index in [9.17, 15) is 0 Å². The normalized spacial score (nSPS) is 30.9. The van der Waals surface area contributed by atoms with E-state index in [1.165, 1.54) is 32.7 Å². The Bertz CT molecular complexity index is 296. The van der Waals surface area contributed by atoms with Gasteiger partial charge in [0, 0.05) is 38.6 Å². The maximum absolute atomic E-state index is 4.06. The molecule has 3 rings (SSSR count). The monoisotopic (exact) mass is 206 g/mol. The van der Waals surface area contributed by atoms with Crippen molar-refractivity contribution >= 4 is 0 Å². The van der Waals surface area contributed by atoms with Gasteiger partial charge in [0.25, 0.3) is 0 Å². The van der Waals surface area contributed by atoms with Crippen LogP contribution in [0, 0.1) is 11.8 Å². The smallest absolute Gasteiger partial charge is 0.0946 e. The summed E-state index contributed by atoms with van der Waals surface area (Å²) >= 11 is 0. The molecule has 0 spiro atoms. The number of rotatable bonds is 3. The summed E-state index contributed by atoms with van der Waals surface area (Å²) in [6, 6.07) is 0. The second-order valence-corrected chi connectivity index (χ2v) is 4.74. The summed E-state index contributed by atoms with van der Waals surface area (Å²) in [6.07, 6.45) is 5.79. The van der Waals surface area contributed by atoms with Crippen molar-refractivity contribution in [2.75, 3.05) is 32.7 Å². The molecule has 1 aromatic heterocycles. The molecule has 4 nitrogen and oxygen atoms in total. The number of fused-ring (bicyclic) bond motifs is 1. The van der Waals surface area contributed by atoms with E-state index in [4.69, 9.17) is 0 Å². The van der Waals surface area contributed by atoms with Crippen LogP contribution < -0.4 is 5.32 Å². The van der Waals surface area contributed by atoms with Crippen LogP contribution in [0.3, 0.4) is 0 Å². The van der Waals surface area contributed by atoms with E-state index >= 15 is 0 Å². The van der Waals surface area contributed by atoms with Crippen LogP contribution in [-0.2, 0) is 6.54 Å². The molecule has 0 bridgehead atoms. The minimum Gasteiger partial charge on any atom is -0.336 e. The Morgan fingerprint density at radius 3 is 2.67 bits per heavy atom. The number of likely N-dealkylation sites (tertiary alicyclic amines) is 1. The average molecular weight is 206 g/mol. The quantitative estimate of drug-likeness (QED) is 0.757. The molecule has 2 aliphatic rings. The number of nitrogens with one attached hydrogen (secondary N) is 1. The van der Waals surface area contributed by atoms with Crippen molar-refractivity contribution in [3.63, 3.8) is 0 Å². The summed E-state index contributed by atoms with van der Waals surface area (Å²) in [4.78, 5) is 6.65. The Balaban J connectivity index is 1.49. The van der Waals surface area contributed by atoms with Crippen molar-refractivity contribution in [1.82, 2.24) is 19.8 Å². The van der Waals surface area contributed by atoms with Gasteiger partial charge in [0.05, 0.1) is 6.33 Å². The number of aromatic nitrogens is 2. The van der Waals surface area contributed by atoms with Gasteiger partial charge >= 0.3 is 0 Å². The first-order chi connectivity index (χ1) is 7.42. The molecule has 0 unspecified atom stereocenters. The zero-order chi connectivity index (χ0) is 10.1. The van der Waals surface area contributed by atoms with Gasteiger partial charge in [0.2, 0.25) is 0 Å². The van der Waals surface area contributed by atoms with Gasteiger partial charge in [0.1, 0.15) is 0 Å². The largest absolute Gasteiger partial charge is 0.336 e. The van der Waals surface area contributed by atoms with Crippen LogP contribution in [0.5, 0.6) is 0 Å². The van der Waals surface area contributed by atoms with Gasteiger partial charge in [-0.1, -0.05) is 0 Å². The zero-order valence-electron chi connectivity index (χ0n) is 8.97. The van der Waals surface area contributed by atoms with Gasteiger partial charge in [-0.25, -0.2) is 4.98 Å². The fourth-order valence-corrected chi connectivity index (χ4v) is 2.81. The SMILES string of the molecule is c1cn(CCN2C[C@H]3CNC[C@H]3C2)cn1. The van der Waals surface area contributed by atoms with Crippen LogP contribution in [0.2, 0.25) is 0 Å². The van der Waals surface area contributed by atoms with E-state index in [0.717, 1.165) is 18.4 Å². The molecular weight excluding hydrogens is 188 g/mol.